The number of aliphatic hydroxyl groups excluding tert-OH is 1. The van der Waals surface area contributed by atoms with Crippen molar-refractivity contribution in [2.24, 2.45) is 0 Å². The van der Waals surface area contributed by atoms with Crippen LogP contribution in [0.4, 0.5) is 0 Å². The average molecular weight is 214 g/mol. The summed E-state index contributed by atoms with van der Waals surface area (Å²) >= 11 is 1.69. The minimum absolute atomic E-state index is 0.222. The smallest absolute Gasteiger partial charge is 0.0564 e. The Morgan fingerprint density at radius 1 is 1.64 bits per heavy atom. The molecule has 2 atom stereocenters. The highest BCUT2D eigenvalue weighted by Gasteiger charge is 2.14. The first-order valence-electron chi connectivity index (χ1n) is 4.77. The Morgan fingerprint density at radius 2 is 2.43 bits per heavy atom. The Morgan fingerprint density at radius 3 is 2.93 bits per heavy atom. The predicted molar refractivity (Wildman–Crippen MR) is 61.5 cm³/mol. The van der Waals surface area contributed by atoms with E-state index in [0.29, 0.717) is 6.04 Å². The molecule has 2 unspecified atom stereocenters. The summed E-state index contributed by atoms with van der Waals surface area (Å²) in [6.45, 7) is 3.14. The predicted octanol–water partition coefficient (Wildman–Crippen LogP) is 1.22. The number of aliphatic hydroxyl groups is 1. The highest BCUT2D eigenvalue weighted by Crippen LogP contribution is 2.10. The van der Waals surface area contributed by atoms with Crippen molar-refractivity contribution in [2.45, 2.75) is 24.8 Å². The standard InChI is InChI=1S/C10H18N2OS/c1-8(10(7-13)14-2)12-6-9-4-3-5-11-9/h3-5,8,10-13H,6-7H2,1-2H3. The summed E-state index contributed by atoms with van der Waals surface area (Å²) in [5.41, 5.74) is 1.18. The summed E-state index contributed by atoms with van der Waals surface area (Å²) in [6.07, 6.45) is 3.94. The second-order valence-corrected chi connectivity index (χ2v) is 4.40. The monoisotopic (exact) mass is 214 g/mol. The van der Waals surface area contributed by atoms with E-state index < -0.39 is 0 Å². The molecule has 3 nitrogen and oxygen atoms in total. The first-order valence-corrected chi connectivity index (χ1v) is 6.06. The summed E-state index contributed by atoms with van der Waals surface area (Å²) in [4.78, 5) is 3.14. The van der Waals surface area contributed by atoms with E-state index in [2.05, 4.69) is 17.2 Å². The van der Waals surface area contributed by atoms with Crippen molar-refractivity contribution in [1.82, 2.24) is 10.3 Å². The minimum Gasteiger partial charge on any atom is -0.395 e. The van der Waals surface area contributed by atoms with Gasteiger partial charge in [0, 0.05) is 29.7 Å². The van der Waals surface area contributed by atoms with Crippen molar-refractivity contribution in [3.63, 3.8) is 0 Å². The molecule has 0 amide bonds. The van der Waals surface area contributed by atoms with Crippen LogP contribution in [-0.4, -0.2) is 34.2 Å². The fourth-order valence-corrected chi connectivity index (χ4v) is 1.97. The molecule has 0 radical (unpaired) electrons. The maximum Gasteiger partial charge on any atom is 0.0564 e. The third kappa shape index (κ3) is 3.36. The summed E-state index contributed by atoms with van der Waals surface area (Å²) in [5.74, 6) is 0. The molecule has 0 saturated carbocycles. The molecular weight excluding hydrogens is 196 g/mol. The highest BCUT2D eigenvalue weighted by molar-refractivity contribution is 7.99. The van der Waals surface area contributed by atoms with Crippen molar-refractivity contribution < 1.29 is 5.11 Å². The first kappa shape index (κ1) is 11.6. The molecule has 0 aliphatic heterocycles. The largest absolute Gasteiger partial charge is 0.395 e. The van der Waals surface area contributed by atoms with Crippen molar-refractivity contribution in [3.8, 4) is 0 Å². The fourth-order valence-electron chi connectivity index (χ4n) is 1.32. The summed E-state index contributed by atoms with van der Waals surface area (Å²) in [5, 5.41) is 12.7. The van der Waals surface area contributed by atoms with E-state index in [1.54, 1.807) is 11.8 Å². The van der Waals surface area contributed by atoms with E-state index in [1.807, 2.05) is 24.6 Å². The van der Waals surface area contributed by atoms with Crippen LogP contribution in [0.1, 0.15) is 12.6 Å². The van der Waals surface area contributed by atoms with Gasteiger partial charge in [0.15, 0.2) is 0 Å². The van der Waals surface area contributed by atoms with Gasteiger partial charge in [-0.15, -0.1) is 0 Å². The molecule has 1 heterocycles. The van der Waals surface area contributed by atoms with E-state index in [4.69, 9.17) is 5.11 Å². The number of aromatic nitrogens is 1. The van der Waals surface area contributed by atoms with Crippen LogP contribution in [0.3, 0.4) is 0 Å². The molecule has 3 N–H and O–H groups in total. The number of thioether (sulfide) groups is 1. The molecule has 1 aromatic heterocycles. The van der Waals surface area contributed by atoms with Gasteiger partial charge < -0.3 is 15.4 Å². The highest BCUT2D eigenvalue weighted by atomic mass is 32.2. The average Bonchev–Trinajstić information content (AvgIpc) is 2.69. The van der Waals surface area contributed by atoms with E-state index in [1.165, 1.54) is 5.69 Å². The lowest BCUT2D eigenvalue weighted by Crippen LogP contribution is -2.37. The van der Waals surface area contributed by atoms with Gasteiger partial charge in [-0.1, -0.05) is 0 Å². The molecule has 0 bridgehead atoms. The van der Waals surface area contributed by atoms with Crippen molar-refractivity contribution in [2.75, 3.05) is 12.9 Å². The lowest BCUT2D eigenvalue weighted by atomic mass is 10.2. The van der Waals surface area contributed by atoms with Gasteiger partial charge in [-0.25, -0.2) is 0 Å². The van der Waals surface area contributed by atoms with Crippen LogP contribution in [0, 0.1) is 0 Å². The van der Waals surface area contributed by atoms with Crippen LogP contribution in [0.15, 0.2) is 18.3 Å². The molecule has 80 valence electrons. The quantitative estimate of drug-likeness (QED) is 0.667. The number of H-pyrrole nitrogens is 1. The Hall–Kier alpha value is -0.450. The number of hydrogen-bond donors (Lipinski definition) is 3. The van der Waals surface area contributed by atoms with Gasteiger partial charge in [0.1, 0.15) is 0 Å². The Bertz CT molecular complexity index is 234. The van der Waals surface area contributed by atoms with Gasteiger partial charge in [-0.3, -0.25) is 0 Å². The second kappa shape index (κ2) is 6.11. The number of rotatable bonds is 6. The van der Waals surface area contributed by atoms with E-state index in [-0.39, 0.29) is 11.9 Å². The third-order valence-electron chi connectivity index (χ3n) is 2.32. The number of aromatic amines is 1. The lowest BCUT2D eigenvalue weighted by molar-refractivity contribution is 0.275. The van der Waals surface area contributed by atoms with Gasteiger partial charge in [0.05, 0.1) is 6.61 Å². The zero-order valence-corrected chi connectivity index (χ0v) is 9.47. The molecule has 4 heteroatoms. The first-order chi connectivity index (χ1) is 6.77. The van der Waals surface area contributed by atoms with Crippen LogP contribution in [-0.2, 0) is 6.54 Å². The second-order valence-electron chi connectivity index (χ2n) is 3.32. The van der Waals surface area contributed by atoms with Crippen molar-refractivity contribution in [1.29, 1.82) is 0 Å². The summed E-state index contributed by atoms with van der Waals surface area (Å²) in [6, 6.07) is 4.35. The summed E-state index contributed by atoms with van der Waals surface area (Å²) < 4.78 is 0. The topological polar surface area (TPSA) is 48.0 Å². The molecule has 14 heavy (non-hydrogen) atoms. The maximum atomic E-state index is 9.08. The van der Waals surface area contributed by atoms with Crippen LogP contribution in [0.25, 0.3) is 0 Å². The molecule has 0 aromatic carbocycles. The fraction of sp³-hybridized carbons (Fsp3) is 0.600. The van der Waals surface area contributed by atoms with Crippen LogP contribution >= 0.6 is 11.8 Å². The van der Waals surface area contributed by atoms with E-state index in [0.717, 1.165) is 6.54 Å². The normalized spacial score (nSPS) is 15.4. The van der Waals surface area contributed by atoms with Gasteiger partial charge >= 0.3 is 0 Å². The lowest BCUT2D eigenvalue weighted by Gasteiger charge is -2.20. The molecular formula is C10H18N2OS. The van der Waals surface area contributed by atoms with Crippen LogP contribution < -0.4 is 5.32 Å². The Kier molecular flexibility index (Phi) is 5.07. The molecule has 1 aromatic rings. The summed E-state index contributed by atoms with van der Waals surface area (Å²) in [7, 11) is 0. The Labute approximate surface area is 89.3 Å². The van der Waals surface area contributed by atoms with E-state index >= 15 is 0 Å². The molecule has 0 aliphatic rings. The van der Waals surface area contributed by atoms with Gasteiger partial charge in [-0.05, 0) is 25.3 Å². The number of nitrogens with one attached hydrogen (secondary N) is 2. The Balaban J connectivity index is 2.30. The number of hydrogen-bond acceptors (Lipinski definition) is 3. The van der Waals surface area contributed by atoms with Crippen molar-refractivity contribution in [3.05, 3.63) is 24.0 Å². The van der Waals surface area contributed by atoms with Crippen LogP contribution in [0.5, 0.6) is 0 Å². The minimum atomic E-state index is 0.222. The van der Waals surface area contributed by atoms with Gasteiger partial charge in [0.2, 0.25) is 0 Å². The molecule has 0 aliphatic carbocycles. The molecule has 1 rings (SSSR count). The molecule has 0 saturated heterocycles. The molecule has 0 spiro atoms. The zero-order chi connectivity index (χ0) is 10.4. The SMILES string of the molecule is CSC(CO)C(C)NCc1ccc[nH]1. The third-order valence-corrected chi connectivity index (χ3v) is 3.48. The zero-order valence-electron chi connectivity index (χ0n) is 8.66. The molecule has 0 fully saturated rings. The maximum absolute atomic E-state index is 9.08. The van der Waals surface area contributed by atoms with Crippen molar-refractivity contribution >= 4 is 11.8 Å². The van der Waals surface area contributed by atoms with E-state index in [9.17, 15) is 0 Å². The van der Waals surface area contributed by atoms with Gasteiger partial charge in [-0.2, -0.15) is 11.8 Å². The van der Waals surface area contributed by atoms with Gasteiger partial charge in [0.25, 0.3) is 0 Å². The van der Waals surface area contributed by atoms with Crippen LogP contribution in [0.2, 0.25) is 0 Å².